The van der Waals surface area contributed by atoms with Crippen molar-refractivity contribution in [3.8, 4) is 0 Å². The number of carboxylic acids is 1. The van der Waals surface area contributed by atoms with Gasteiger partial charge >= 0.3 is 5.97 Å². The summed E-state index contributed by atoms with van der Waals surface area (Å²) in [5.41, 5.74) is 4.46. The van der Waals surface area contributed by atoms with Crippen molar-refractivity contribution in [2.24, 2.45) is 17.6 Å². The molecular weight excluding hydrogens is 196 g/mol. The zero-order chi connectivity index (χ0) is 11.2. The van der Waals surface area contributed by atoms with Crippen molar-refractivity contribution in [1.29, 1.82) is 0 Å². The summed E-state index contributed by atoms with van der Waals surface area (Å²) in [5.74, 6) is -0.367. The standard InChI is InChI=1S/C10H16N2O3/c1-6-4-7(6)8(13)12-3-2-10(11,5-12)9(14)15/h6-7H,2-5,11H2,1H3,(H,14,15). The van der Waals surface area contributed by atoms with Gasteiger partial charge in [0.1, 0.15) is 5.54 Å². The van der Waals surface area contributed by atoms with Crippen LogP contribution in [0.25, 0.3) is 0 Å². The van der Waals surface area contributed by atoms with Crippen LogP contribution in [0.15, 0.2) is 0 Å². The zero-order valence-electron chi connectivity index (χ0n) is 8.77. The van der Waals surface area contributed by atoms with Gasteiger partial charge in [0.15, 0.2) is 0 Å². The van der Waals surface area contributed by atoms with E-state index in [4.69, 9.17) is 10.8 Å². The first-order chi connectivity index (χ1) is 6.94. The number of hydrogen-bond acceptors (Lipinski definition) is 3. The van der Waals surface area contributed by atoms with Gasteiger partial charge in [-0.2, -0.15) is 0 Å². The molecule has 2 aliphatic rings. The lowest BCUT2D eigenvalue weighted by Crippen LogP contribution is -2.50. The molecule has 3 atom stereocenters. The van der Waals surface area contributed by atoms with E-state index in [1.165, 1.54) is 0 Å². The molecule has 2 rings (SSSR count). The van der Waals surface area contributed by atoms with Crippen LogP contribution < -0.4 is 5.73 Å². The van der Waals surface area contributed by atoms with Gasteiger partial charge < -0.3 is 15.7 Å². The van der Waals surface area contributed by atoms with Crippen molar-refractivity contribution >= 4 is 11.9 Å². The summed E-state index contributed by atoms with van der Waals surface area (Å²) in [6.07, 6.45) is 1.29. The van der Waals surface area contributed by atoms with Crippen LogP contribution in [0.3, 0.4) is 0 Å². The quantitative estimate of drug-likeness (QED) is 0.655. The molecule has 3 unspecified atom stereocenters. The fourth-order valence-corrected chi connectivity index (χ4v) is 2.10. The minimum absolute atomic E-state index is 0.0797. The molecule has 84 valence electrons. The maximum atomic E-state index is 11.8. The second-order valence-electron chi connectivity index (χ2n) is 4.79. The first-order valence-electron chi connectivity index (χ1n) is 5.25. The van der Waals surface area contributed by atoms with E-state index in [0.717, 1.165) is 6.42 Å². The van der Waals surface area contributed by atoms with Gasteiger partial charge in [0.2, 0.25) is 5.91 Å². The van der Waals surface area contributed by atoms with E-state index in [2.05, 4.69) is 0 Å². The summed E-state index contributed by atoms with van der Waals surface area (Å²) in [5, 5.41) is 8.92. The van der Waals surface area contributed by atoms with Crippen molar-refractivity contribution in [1.82, 2.24) is 4.90 Å². The van der Waals surface area contributed by atoms with Gasteiger partial charge in [0.05, 0.1) is 0 Å². The first kappa shape index (κ1) is 10.4. The largest absolute Gasteiger partial charge is 0.480 e. The third-order valence-corrected chi connectivity index (χ3v) is 3.47. The Kier molecular flexibility index (Phi) is 2.22. The number of aliphatic carboxylic acids is 1. The third kappa shape index (κ3) is 1.71. The first-order valence-corrected chi connectivity index (χ1v) is 5.25. The van der Waals surface area contributed by atoms with E-state index in [1.54, 1.807) is 4.90 Å². The monoisotopic (exact) mass is 212 g/mol. The van der Waals surface area contributed by atoms with E-state index in [-0.39, 0.29) is 18.4 Å². The SMILES string of the molecule is CC1CC1C(=O)N1CCC(N)(C(=O)O)C1. The molecular formula is C10H16N2O3. The van der Waals surface area contributed by atoms with Gasteiger partial charge in [-0.3, -0.25) is 9.59 Å². The van der Waals surface area contributed by atoms with Gasteiger partial charge in [-0.15, -0.1) is 0 Å². The predicted octanol–water partition coefficient (Wildman–Crippen LogP) is -0.343. The Labute approximate surface area is 88.2 Å². The second kappa shape index (κ2) is 3.20. The molecule has 1 saturated carbocycles. The van der Waals surface area contributed by atoms with E-state index in [1.807, 2.05) is 6.92 Å². The van der Waals surface area contributed by atoms with Crippen LogP contribution in [0.5, 0.6) is 0 Å². The van der Waals surface area contributed by atoms with Crippen LogP contribution in [0, 0.1) is 11.8 Å². The maximum absolute atomic E-state index is 11.8. The highest BCUT2D eigenvalue weighted by Crippen LogP contribution is 2.40. The number of carboxylic acid groups (broad SMARTS) is 1. The molecule has 0 bridgehead atoms. The van der Waals surface area contributed by atoms with Crippen LogP contribution in [0.2, 0.25) is 0 Å². The molecule has 1 aliphatic carbocycles. The van der Waals surface area contributed by atoms with Gasteiger partial charge in [-0.25, -0.2) is 0 Å². The highest BCUT2D eigenvalue weighted by molar-refractivity contribution is 5.85. The highest BCUT2D eigenvalue weighted by atomic mass is 16.4. The minimum Gasteiger partial charge on any atom is -0.480 e. The van der Waals surface area contributed by atoms with Gasteiger partial charge in [-0.05, 0) is 18.8 Å². The predicted molar refractivity (Wildman–Crippen MR) is 53.0 cm³/mol. The Morgan fingerprint density at radius 1 is 1.53 bits per heavy atom. The molecule has 0 radical (unpaired) electrons. The molecule has 5 nitrogen and oxygen atoms in total. The van der Waals surface area contributed by atoms with Gasteiger partial charge in [-0.1, -0.05) is 6.92 Å². The van der Waals surface area contributed by atoms with Crippen LogP contribution in [0.1, 0.15) is 19.8 Å². The molecule has 0 spiro atoms. The van der Waals surface area contributed by atoms with Crippen molar-refractivity contribution in [3.05, 3.63) is 0 Å². The Hall–Kier alpha value is -1.10. The zero-order valence-corrected chi connectivity index (χ0v) is 8.77. The van der Waals surface area contributed by atoms with Gasteiger partial charge in [0.25, 0.3) is 0 Å². The third-order valence-electron chi connectivity index (χ3n) is 3.47. The maximum Gasteiger partial charge on any atom is 0.325 e. The fraction of sp³-hybridized carbons (Fsp3) is 0.800. The molecule has 1 aliphatic heterocycles. The molecule has 3 N–H and O–H groups in total. The molecule has 1 heterocycles. The highest BCUT2D eigenvalue weighted by Gasteiger charge is 2.48. The summed E-state index contributed by atoms with van der Waals surface area (Å²) in [4.78, 5) is 24.3. The Morgan fingerprint density at radius 3 is 2.53 bits per heavy atom. The lowest BCUT2D eigenvalue weighted by molar-refractivity contribution is -0.143. The van der Waals surface area contributed by atoms with Crippen molar-refractivity contribution in [3.63, 3.8) is 0 Å². The normalized spacial score (nSPS) is 39.2. The van der Waals surface area contributed by atoms with Crippen molar-refractivity contribution in [2.75, 3.05) is 13.1 Å². The Morgan fingerprint density at radius 2 is 2.13 bits per heavy atom. The molecule has 1 saturated heterocycles. The van der Waals surface area contributed by atoms with Crippen molar-refractivity contribution in [2.45, 2.75) is 25.3 Å². The van der Waals surface area contributed by atoms with Gasteiger partial charge in [0, 0.05) is 19.0 Å². The summed E-state index contributed by atoms with van der Waals surface area (Å²) < 4.78 is 0. The van der Waals surface area contributed by atoms with Crippen LogP contribution in [-0.2, 0) is 9.59 Å². The molecule has 15 heavy (non-hydrogen) atoms. The summed E-state index contributed by atoms with van der Waals surface area (Å²) >= 11 is 0. The average Bonchev–Trinajstić information content (AvgIpc) is 2.73. The van der Waals surface area contributed by atoms with E-state index in [0.29, 0.717) is 18.9 Å². The van der Waals surface area contributed by atoms with E-state index < -0.39 is 11.5 Å². The lowest BCUT2D eigenvalue weighted by Gasteiger charge is -2.20. The molecule has 0 aromatic carbocycles. The summed E-state index contributed by atoms with van der Waals surface area (Å²) in [6.45, 7) is 2.67. The summed E-state index contributed by atoms with van der Waals surface area (Å²) in [6, 6.07) is 0. The number of rotatable bonds is 2. The average molecular weight is 212 g/mol. The summed E-state index contributed by atoms with van der Waals surface area (Å²) in [7, 11) is 0. The Balaban J connectivity index is 1.98. The van der Waals surface area contributed by atoms with Crippen LogP contribution in [-0.4, -0.2) is 40.5 Å². The van der Waals surface area contributed by atoms with Crippen LogP contribution in [0.4, 0.5) is 0 Å². The number of carbonyl (C=O) groups excluding carboxylic acids is 1. The molecule has 0 aromatic heterocycles. The number of nitrogens with zero attached hydrogens (tertiary/aromatic N) is 1. The number of carbonyl (C=O) groups is 2. The van der Waals surface area contributed by atoms with Crippen LogP contribution >= 0.6 is 0 Å². The molecule has 0 aromatic rings. The lowest BCUT2D eigenvalue weighted by atomic mass is 10.0. The molecule has 5 heteroatoms. The number of hydrogen-bond donors (Lipinski definition) is 2. The Bertz CT molecular complexity index is 318. The second-order valence-corrected chi connectivity index (χ2v) is 4.79. The number of amides is 1. The minimum atomic E-state index is -1.23. The fourth-order valence-electron chi connectivity index (χ4n) is 2.10. The molecule has 2 fully saturated rings. The topological polar surface area (TPSA) is 83.6 Å². The van der Waals surface area contributed by atoms with E-state index in [9.17, 15) is 9.59 Å². The smallest absolute Gasteiger partial charge is 0.325 e. The van der Waals surface area contributed by atoms with E-state index >= 15 is 0 Å². The molecule has 1 amide bonds. The number of nitrogens with two attached hydrogens (primary N) is 1. The number of likely N-dealkylation sites (tertiary alicyclic amines) is 1. The van der Waals surface area contributed by atoms with Crippen molar-refractivity contribution < 1.29 is 14.7 Å².